The normalized spacial score (nSPS) is 17.6. The maximum atomic E-state index is 8.92. The van der Waals surface area contributed by atoms with Crippen molar-refractivity contribution in [2.75, 3.05) is 0 Å². The van der Waals surface area contributed by atoms with Gasteiger partial charge in [0, 0.05) is 0 Å². The lowest BCUT2D eigenvalue weighted by atomic mass is 9.94. The maximum Gasteiger partial charge on any atom is 0.0692 e. The van der Waals surface area contributed by atoms with Gasteiger partial charge in [0.1, 0.15) is 0 Å². The number of hydrogen-bond donors (Lipinski definition) is 1. The molecule has 0 saturated heterocycles. The quantitative estimate of drug-likeness (QED) is 0.620. The molecular weight excluding hydrogens is 136 g/mol. The predicted octanol–water partition coefficient (Wildman–Crippen LogP) is 2.61. The molecule has 1 nitrogen and oxygen atoms in total. The van der Waals surface area contributed by atoms with E-state index in [-0.39, 0.29) is 6.10 Å². The molecule has 0 aromatic rings. The average Bonchev–Trinajstić information content (AvgIpc) is 1.86. The fourth-order valence-electron chi connectivity index (χ4n) is 0.762. The zero-order valence-electron chi connectivity index (χ0n) is 8.04. The van der Waals surface area contributed by atoms with Gasteiger partial charge in [0.15, 0.2) is 0 Å². The zero-order valence-corrected chi connectivity index (χ0v) is 8.04. The Morgan fingerprint density at radius 3 is 2.09 bits per heavy atom. The van der Waals surface area contributed by atoms with Crippen LogP contribution in [-0.4, -0.2) is 11.2 Å². The second kappa shape index (κ2) is 5.36. The van der Waals surface area contributed by atoms with E-state index in [0.717, 1.165) is 12.3 Å². The predicted molar refractivity (Wildman–Crippen MR) is 49.4 cm³/mol. The molecule has 0 aromatic carbocycles. The smallest absolute Gasteiger partial charge is 0.0692 e. The summed E-state index contributed by atoms with van der Waals surface area (Å²) in [5.41, 5.74) is 0. The lowest BCUT2D eigenvalue weighted by molar-refractivity contribution is 0.243. The Bertz CT molecular complexity index is 114. The SMILES string of the molecule is CC(O)C=CCC(C)C(C)C. The van der Waals surface area contributed by atoms with E-state index in [9.17, 15) is 0 Å². The van der Waals surface area contributed by atoms with Crippen molar-refractivity contribution >= 4 is 0 Å². The van der Waals surface area contributed by atoms with E-state index in [1.54, 1.807) is 6.92 Å². The first-order valence-electron chi connectivity index (χ1n) is 4.38. The van der Waals surface area contributed by atoms with Crippen LogP contribution in [0.5, 0.6) is 0 Å². The highest BCUT2D eigenvalue weighted by Crippen LogP contribution is 2.14. The van der Waals surface area contributed by atoms with Crippen molar-refractivity contribution in [2.45, 2.75) is 40.2 Å². The van der Waals surface area contributed by atoms with Crippen LogP contribution in [0.25, 0.3) is 0 Å². The van der Waals surface area contributed by atoms with Crippen LogP contribution in [0.15, 0.2) is 12.2 Å². The Kier molecular flexibility index (Phi) is 5.22. The van der Waals surface area contributed by atoms with Crippen molar-refractivity contribution in [3.8, 4) is 0 Å². The van der Waals surface area contributed by atoms with Gasteiger partial charge in [0.05, 0.1) is 6.10 Å². The molecule has 0 heterocycles. The molecule has 0 rings (SSSR count). The third kappa shape index (κ3) is 6.11. The summed E-state index contributed by atoms with van der Waals surface area (Å²) in [6.45, 7) is 8.45. The minimum Gasteiger partial charge on any atom is -0.389 e. The molecule has 0 radical (unpaired) electrons. The highest BCUT2D eigenvalue weighted by atomic mass is 16.3. The number of hydrogen-bond acceptors (Lipinski definition) is 1. The van der Waals surface area contributed by atoms with Gasteiger partial charge in [0.25, 0.3) is 0 Å². The molecule has 0 aromatic heterocycles. The first-order valence-corrected chi connectivity index (χ1v) is 4.38. The van der Waals surface area contributed by atoms with Crippen molar-refractivity contribution in [3.05, 3.63) is 12.2 Å². The van der Waals surface area contributed by atoms with Gasteiger partial charge in [-0.15, -0.1) is 0 Å². The summed E-state index contributed by atoms with van der Waals surface area (Å²) in [4.78, 5) is 0. The molecule has 0 saturated carbocycles. The first-order chi connectivity index (χ1) is 5.04. The van der Waals surface area contributed by atoms with E-state index < -0.39 is 0 Å². The van der Waals surface area contributed by atoms with Crippen LogP contribution in [-0.2, 0) is 0 Å². The largest absolute Gasteiger partial charge is 0.389 e. The van der Waals surface area contributed by atoms with Gasteiger partial charge in [-0.2, -0.15) is 0 Å². The van der Waals surface area contributed by atoms with Crippen LogP contribution in [0.1, 0.15) is 34.1 Å². The molecule has 0 aliphatic heterocycles. The molecule has 11 heavy (non-hydrogen) atoms. The van der Waals surface area contributed by atoms with E-state index in [1.807, 2.05) is 6.08 Å². The zero-order chi connectivity index (χ0) is 8.85. The summed E-state index contributed by atoms with van der Waals surface area (Å²) in [7, 11) is 0. The molecule has 0 spiro atoms. The molecule has 1 heteroatoms. The lowest BCUT2D eigenvalue weighted by Gasteiger charge is -2.12. The van der Waals surface area contributed by atoms with E-state index in [1.165, 1.54) is 0 Å². The minimum atomic E-state index is -0.297. The van der Waals surface area contributed by atoms with E-state index >= 15 is 0 Å². The summed E-state index contributed by atoms with van der Waals surface area (Å²) in [6, 6.07) is 0. The Hall–Kier alpha value is -0.300. The van der Waals surface area contributed by atoms with Crippen LogP contribution in [0.4, 0.5) is 0 Å². The lowest BCUT2D eigenvalue weighted by Crippen LogP contribution is -2.02. The van der Waals surface area contributed by atoms with Crippen molar-refractivity contribution in [1.29, 1.82) is 0 Å². The maximum absolute atomic E-state index is 8.92. The summed E-state index contributed by atoms with van der Waals surface area (Å²) < 4.78 is 0. The second-order valence-corrected chi connectivity index (χ2v) is 3.63. The molecule has 2 unspecified atom stereocenters. The molecule has 0 aliphatic rings. The fraction of sp³-hybridized carbons (Fsp3) is 0.800. The third-order valence-electron chi connectivity index (χ3n) is 2.06. The van der Waals surface area contributed by atoms with E-state index in [2.05, 4.69) is 26.8 Å². The topological polar surface area (TPSA) is 20.2 Å². The second-order valence-electron chi connectivity index (χ2n) is 3.63. The van der Waals surface area contributed by atoms with Crippen molar-refractivity contribution < 1.29 is 5.11 Å². The summed E-state index contributed by atoms with van der Waals surface area (Å²) in [5, 5.41) is 8.92. The molecule has 66 valence electrons. The van der Waals surface area contributed by atoms with Crippen LogP contribution in [0, 0.1) is 11.8 Å². The highest BCUT2D eigenvalue weighted by Gasteiger charge is 2.03. The first kappa shape index (κ1) is 10.7. The van der Waals surface area contributed by atoms with E-state index in [4.69, 9.17) is 5.11 Å². The molecule has 1 N–H and O–H groups in total. The molecule has 0 amide bonds. The molecule has 2 atom stereocenters. The molecule has 0 aliphatic carbocycles. The van der Waals surface area contributed by atoms with Crippen LogP contribution < -0.4 is 0 Å². The summed E-state index contributed by atoms with van der Waals surface area (Å²) >= 11 is 0. The van der Waals surface area contributed by atoms with Gasteiger partial charge in [0.2, 0.25) is 0 Å². The van der Waals surface area contributed by atoms with Crippen molar-refractivity contribution in [1.82, 2.24) is 0 Å². The van der Waals surface area contributed by atoms with Crippen LogP contribution >= 0.6 is 0 Å². The number of rotatable bonds is 4. The average molecular weight is 156 g/mol. The van der Waals surface area contributed by atoms with Crippen molar-refractivity contribution in [3.63, 3.8) is 0 Å². The Labute approximate surface area is 70.1 Å². The van der Waals surface area contributed by atoms with Crippen molar-refractivity contribution in [2.24, 2.45) is 11.8 Å². The number of allylic oxidation sites excluding steroid dienone is 1. The molecular formula is C10H20O. The van der Waals surface area contributed by atoms with Gasteiger partial charge in [-0.1, -0.05) is 32.9 Å². The molecule has 0 bridgehead atoms. The third-order valence-corrected chi connectivity index (χ3v) is 2.06. The monoisotopic (exact) mass is 156 g/mol. The Morgan fingerprint density at radius 2 is 1.73 bits per heavy atom. The van der Waals surface area contributed by atoms with Crippen LogP contribution in [0.3, 0.4) is 0 Å². The highest BCUT2D eigenvalue weighted by molar-refractivity contribution is 4.87. The Morgan fingerprint density at radius 1 is 1.18 bits per heavy atom. The van der Waals surface area contributed by atoms with Gasteiger partial charge in [-0.25, -0.2) is 0 Å². The minimum absolute atomic E-state index is 0.297. The standard InChI is InChI=1S/C10H20O/c1-8(2)9(3)6-5-7-10(4)11/h5,7-11H,6H2,1-4H3. The molecule has 0 fully saturated rings. The van der Waals surface area contributed by atoms with Gasteiger partial charge in [-0.3, -0.25) is 0 Å². The van der Waals surface area contributed by atoms with E-state index in [0.29, 0.717) is 5.92 Å². The Balaban J connectivity index is 3.53. The van der Waals surface area contributed by atoms with Crippen LogP contribution in [0.2, 0.25) is 0 Å². The van der Waals surface area contributed by atoms with Gasteiger partial charge < -0.3 is 5.11 Å². The van der Waals surface area contributed by atoms with Gasteiger partial charge >= 0.3 is 0 Å². The summed E-state index contributed by atoms with van der Waals surface area (Å²) in [5.74, 6) is 1.44. The fourth-order valence-corrected chi connectivity index (χ4v) is 0.762. The number of aliphatic hydroxyl groups is 1. The number of aliphatic hydroxyl groups excluding tert-OH is 1. The summed E-state index contributed by atoms with van der Waals surface area (Å²) in [6.07, 6.45) is 4.69. The van der Waals surface area contributed by atoms with Gasteiger partial charge in [-0.05, 0) is 25.2 Å².